The van der Waals surface area contributed by atoms with Gasteiger partial charge in [-0.3, -0.25) is 4.79 Å². The van der Waals surface area contributed by atoms with Gasteiger partial charge in [-0.15, -0.1) is 0 Å². The van der Waals surface area contributed by atoms with E-state index < -0.39 is 29.2 Å². The van der Waals surface area contributed by atoms with Crippen molar-refractivity contribution in [3.63, 3.8) is 0 Å². The van der Waals surface area contributed by atoms with Crippen LogP contribution in [0.5, 0.6) is 11.5 Å². The third-order valence-electron chi connectivity index (χ3n) is 9.03. The van der Waals surface area contributed by atoms with Crippen LogP contribution in [0, 0.1) is 11.6 Å². The Balaban J connectivity index is 1.34. The number of unbranched alkanes of at least 4 members (excludes halogenated alkanes) is 2. The number of aryl methyl sites for hydroxylation is 1. The zero-order valence-corrected chi connectivity index (χ0v) is 26.2. The summed E-state index contributed by atoms with van der Waals surface area (Å²) in [5.41, 5.74) is 11.8. The smallest absolute Gasteiger partial charge is 0.306 e. The normalized spacial score (nSPS) is 19.7. The molecular weight excluding hydrogens is 604 g/mol. The van der Waals surface area contributed by atoms with Crippen molar-refractivity contribution in [1.82, 2.24) is 21.2 Å². The summed E-state index contributed by atoms with van der Waals surface area (Å²) in [4.78, 5) is 16.0. The van der Waals surface area contributed by atoms with Gasteiger partial charge in [0, 0.05) is 64.4 Å². The van der Waals surface area contributed by atoms with E-state index in [-0.39, 0.29) is 24.5 Å². The highest BCUT2D eigenvalue weighted by atomic mass is 19.1. The first-order chi connectivity index (χ1) is 22.7. The number of aromatic amines is 1. The number of rotatable bonds is 7. The van der Waals surface area contributed by atoms with E-state index in [1.54, 1.807) is 18.3 Å². The van der Waals surface area contributed by atoms with Crippen LogP contribution in [0.25, 0.3) is 10.9 Å². The fourth-order valence-electron chi connectivity index (χ4n) is 6.37. The van der Waals surface area contributed by atoms with E-state index in [1.165, 1.54) is 18.2 Å². The topological polar surface area (TPSA) is 152 Å². The van der Waals surface area contributed by atoms with Gasteiger partial charge in [0.2, 0.25) is 0 Å². The summed E-state index contributed by atoms with van der Waals surface area (Å²) in [6, 6.07) is 15.6. The Morgan fingerprint density at radius 2 is 1.96 bits per heavy atom. The van der Waals surface area contributed by atoms with Gasteiger partial charge in [0.15, 0.2) is 11.6 Å². The fraction of sp³-hybridized carbons (Fsp3) is 0.314. The van der Waals surface area contributed by atoms with Crippen molar-refractivity contribution in [2.24, 2.45) is 16.7 Å². The Hall–Kier alpha value is -5.10. The summed E-state index contributed by atoms with van der Waals surface area (Å²) in [5.74, 6) is 4.34. The average Bonchev–Trinajstić information content (AvgIpc) is 3.75. The van der Waals surface area contributed by atoms with E-state index >= 15 is 8.78 Å². The molecule has 6 bridgehead atoms. The van der Waals surface area contributed by atoms with Crippen molar-refractivity contribution in [3.05, 3.63) is 107 Å². The van der Waals surface area contributed by atoms with Gasteiger partial charge in [-0.25, -0.2) is 20.2 Å². The lowest BCUT2D eigenvalue weighted by Gasteiger charge is -2.33. The van der Waals surface area contributed by atoms with Crippen molar-refractivity contribution in [1.29, 1.82) is 0 Å². The Labute approximate surface area is 271 Å². The number of nitrogens with one attached hydrogen (secondary N) is 4. The van der Waals surface area contributed by atoms with Gasteiger partial charge >= 0.3 is 5.97 Å². The Kier molecular flexibility index (Phi) is 9.30. The molecule has 1 aromatic heterocycles. The predicted molar refractivity (Wildman–Crippen MR) is 176 cm³/mol. The Morgan fingerprint density at radius 1 is 1.09 bits per heavy atom. The average molecular weight is 644 g/mol. The maximum Gasteiger partial charge on any atom is 0.306 e. The minimum atomic E-state index is -0.633. The van der Waals surface area contributed by atoms with Crippen molar-refractivity contribution in [2.45, 2.75) is 70.1 Å². The van der Waals surface area contributed by atoms with Crippen molar-refractivity contribution in [3.8, 4) is 11.5 Å². The zero-order chi connectivity index (χ0) is 33.0. The van der Waals surface area contributed by atoms with E-state index in [1.807, 2.05) is 18.3 Å². The fourth-order valence-corrected chi connectivity index (χ4v) is 6.37. The van der Waals surface area contributed by atoms with E-state index in [0.29, 0.717) is 40.7 Å². The number of hydrogen-bond acceptors (Lipinski definition) is 8. The number of halogens is 2. The van der Waals surface area contributed by atoms with Crippen molar-refractivity contribution in [2.75, 3.05) is 0 Å². The molecule has 10 nitrogen and oxygen atoms in total. The molecule has 8 N–H and O–H groups in total. The van der Waals surface area contributed by atoms with Gasteiger partial charge in [-0.05, 0) is 61.6 Å². The molecule has 0 saturated carbocycles. The first kappa shape index (κ1) is 31.9. The molecule has 2 unspecified atom stereocenters. The molecule has 0 spiro atoms. The molecule has 2 aliphatic rings. The molecule has 0 amide bonds. The number of H-pyrrole nitrogens is 1. The van der Waals surface area contributed by atoms with Crippen LogP contribution in [0.2, 0.25) is 0 Å². The second-order valence-electron chi connectivity index (χ2n) is 12.2. The van der Waals surface area contributed by atoms with Crippen LogP contribution < -0.4 is 32.5 Å². The number of nitrogens with zero attached hydrogens (tertiary/aromatic N) is 1. The zero-order valence-electron chi connectivity index (χ0n) is 26.2. The number of hydrazine groups is 1. The lowest BCUT2D eigenvalue weighted by Crippen LogP contribution is -2.33. The number of fused-ring (bicyclic) bond motifs is 10. The molecule has 6 rings (SSSR count). The third-order valence-corrected chi connectivity index (χ3v) is 9.03. The largest absolute Gasteiger partial charge is 0.461 e. The van der Waals surface area contributed by atoms with Crippen LogP contribution in [-0.2, 0) is 28.0 Å². The molecule has 0 aliphatic carbocycles. The SMILES string of the molecule is CC1(CCCCC/C(N)=N/NN)C2=CNC(N2)c2cc(ccc2F)Oc2c(F)cc3[nH]ccc3c2COC(=O)CCc2cccc1c2. The molecule has 0 saturated heterocycles. The Bertz CT molecular complexity index is 1840. The lowest BCUT2D eigenvalue weighted by molar-refractivity contribution is -0.144. The number of cyclic esters (lactones) is 1. The van der Waals surface area contributed by atoms with Crippen LogP contribution in [0.15, 0.2) is 77.8 Å². The highest BCUT2D eigenvalue weighted by Gasteiger charge is 2.36. The molecule has 2 aliphatic heterocycles. The van der Waals surface area contributed by atoms with Crippen LogP contribution in [0.3, 0.4) is 0 Å². The van der Waals surface area contributed by atoms with Gasteiger partial charge in [0.05, 0.1) is 0 Å². The number of nitrogens with two attached hydrogens (primary N) is 2. The van der Waals surface area contributed by atoms with Crippen molar-refractivity contribution < 1.29 is 23.0 Å². The molecular formula is C35H39F2N7O3. The summed E-state index contributed by atoms with van der Waals surface area (Å²) in [6.45, 7) is 1.97. The number of allylic oxidation sites excluding steroid dienone is 1. The molecule has 3 aromatic carbocycles. The molecule has 0 fully saturated rings. The van der Waals surface area contributed by atoms with Crippen molar-refractivity contribution >= 4 is 22.7 Å². The maximum atomic E-state index is 15.5. The second-order valence-corrected chi connectivity index (χ2v) is 12.2. The van der Waals surface area contributed by atoms with Crippen LogP contribution >= 0.6 is 0 Å². The number of carbonyl (C=O) groups is 1. The quantitative estimate of drug-likeness (QED) is 0.0364. The molecule has 2 atom stereocenters. The summed E-state index contributed by atoms with van der Waals surface area (Å²) in [7, 11) is 0. The van der Waals surface area contributed by atoms with Gasteiger partial charge < -0.3 is 30.8 Å². The molecule has 12 heteroatoms. The monoisotopic (exact) mass is 643 g/mol. The number of hydrogen-bond donors (Lipinski definition) is 6. The number of benzene rings is 3. The van der Waals surface area contributed by atoms with Crippen LogP contribution in [-0.4, -0.2) is 16.8 Å². The standard InChI is InChI=1S/C35H39F2N7O3/c1-35(14-4-2-3-8-31(38)43-44-39)22-7-5-6-21(16-22)9-12-32(45)46-20-26-24-13-15-40-29(24)18-28(37)33(26)47-23-10-11-27(36)25(17-23)34-41-19-30(35)42-34/h5-7,10-11,13,15-19,34,40-42,44H,2-4,8-9,12,14,20,39H2,1H3,(H2,38,43). The summed E-state index contributed by atoms with van der Waals surface area (Å²) in [6.07, 6.45) is 7.65. The number of carbonyl (C=O) groups excluding carboxylic acids is 1. The first-order valence-electron chi connectivity index (χ1n) is 15.8. The van der Waals surface area contributed by atoms with E-state index in [2.05, 4.69) is 45.3 Å². The van der Waals surface area contributed by atoms with Gasteiger partial charge in [-0.1, -0.05) is 37.1 Å². The van der Waals surface area contributed by atoms with Gasteiger partial charge in [0.1, 0.15) is 30.2 Å². The molecule has 3 heterocycles. The Morgan fingerprint density at radius 3 is 2.81 bits per heavy atom. The summed E-state index contributed by atoms with van der Waals surface area (Å²) in [5, 5.41) is 11.3. The van der Waals surface area contributed by atoms with E-state index in [9.17, 15) is 4.79 Å². The maximum absolute atomic E-state index is 15.5. The van der Waals surface area contributed by atoms with Gasteiger partial charge in [-0.2, -0.15) is 5.10 Å². The molecule has 0 radical (unpaired) electrons. The van der Waals surface area contributed by atoms with Crippen LogP contribution in [0.4, 0.5) is 8.78 Å². The summed E-state index contributed by atoms with van der Waals surface area (Å²) >= 11 is 0. The summed E-state index contributed by atoms with van der Waals surface area (Å²) < 4.78 is 42.6. The molecule has 246 valence electrons. The first-order valence-corrected chi connectivity index (χ1v) is 15.8. The highest BCUT2D eigenvalue weighted by Crippen LogP contribution is 2.41. The van der Waals surface area contributed by atoms with E-state index in [4.69, 9.17) is 21.1 Å². The number of amidine groups is 1. The second kappa shape index (κ2) is 13.7. The van der Waals surface area contributed by atoms with Gasteiger partial charge in [0.25, 0.3) is 0 Å². The minimum absolute atomic E-state index is 0.0812. The third kappa shape index (κ3) is 6.87. The van der Waals surface area contributed by atoms with E-state index in [0.717, 1.165) is 42.5 Å². The lowest BCUT2D eigenvalue weighted by atomic mass is 9.75. The number of ether oxygens (including phenoxy) is 2. The molecule has 4 aromatic rings. The van der Waals surface area contributed by atoms with Crippen LogP contribution in [0.1, 0.15) is 73.9 Å². The molecule has 47 heavy (non-hydrogen) atoms. The minimum Gasteiger partial charge on any atom is -0.461 e. The highest BCUT2D eigenvalue weighted by molar-refractivity contribution is 5.86. The predicted octanol–water partition coefficient (Wildman–Crippen LogP) is 5.90. The number of esters is 1. The number of aromatic nitrogens is 1. The number of hydrazone groups is 1.